The molecule has 0 saturated carbocycles. The first kappa shape index (κ1) is 26.7. The Hall–Kier alpha value is -2.90. The third kappa shape index (κ3) is 6.38. The standard InChI is InChI=1S/C26H34N6O5S/c1-30(2)12-16-38(33,34)32-11-15-36-22(18-32)19-37-26-25-24(27-7-8-28-25)17-23(29-26)20-3-5-21(6-4-20)31-9-13-35-14-10-31/h3-8,17,22H,9-16,18-19H2,1-2H3/t22-/m0/s1. The summed E-state index contributed by atoms with van der Waals surface area (Å²) in [6.07, 6.45) is 2.82. The van der Waals surface area contributed by atoms with Gasteiger partial charge in [-0.2, -0.15) is 4.31 Å². The maximum Gasteiger partial charge on any atom is 0.242 e. The third-order valence-electron chi connectivity index (χ3n) is 6.66. The molecule has 0 bridgehead atoms. The second kappa shape index (κ2) is 11.9. The second-order valence-electron chi connectivity index (χ2n) is 9.66. The Morgan fingerprint density at radius 3 is 2.58 bits per heavy atom. The molecule has 0 amide bonds. The number of rotatable bonds is 9. The Kier molecular flexibility index (Phi) is 8.34. The van der Waals surface area contributed by atoms with E-state index < -0.39 is 16.1 Å². The van der Waals surface area contributed by atoms with Crippen LogP contribution in [0.3, 0.4) is 0 Å². The van der Waals surface area contributed by atoms with Crippen molar-refractivity contribution in [2.24, 2.45) is 0 Å². The number of hydrogen-bond acceptors (Lipinski definition) is 10. The van der Waals surface area contributed by atoms with Crippen molar-refractivity contribution in [2.75, 3.05) is 83.9 Å². The van der Waals surface area contributed by atoms with Gasteiger partial charge in [-0.05, 0) is 32.3 Å². The first-order valence-corrected chi connectivity index (χ1v) is 14.4. The highest BCUT2D eigenvalue weighted by Crippen LogP contribution is 2.29. The van der Waals surface area contributed by atoms with Crippen molar-refractivity contribution in [3.63, 3.8) is 0 Å². The van der Waals surface area contributed by atoms with E-state index in [2.05, 4.69) is 27.0 Å². The highest BCUT2D eigenvalue weighted by molar-refractivity contribution is 7.89. The lowest BCUT2D eigenvalue weighted by Gasteiger charge is -2.32. The average Bonchev–Trinajstić information content (AvgIpc) is 2.95. The van der Waals surface area contributed by atoms with Gasteiger partial charge in [0.2, 0.25) is 15.9 Å². The smallest absolute Gasteiger partial charge is 0.242 e. The Labute approximate surface area is 223 Å². The minimum atomic E-state index is -3.38. The summed E-state index contributed by atoms with van der Waals surface area (Å²) in [7, 11) is 0.343. The van der Waals surface area contributed by atoms with Crippen LogP contribution >= 0.6 is 0 Å². The van der Waals surface area contributed by atoms with E-state index in [9.17, 15) is 8.42 Å². The Morgan fingerprint density at radius 2 is 1.82 bits per heavy atom. The van der Waals surface area contributed by atoms with Gasteiger partial charge in [-0.1, -0.05) is 12.1 Å². The summed E-state index contributed by atoms with van der Waals surface area (Å²) >= 11 is 0. The molecule has 2 aromatic heterocycles. The van der Waals surface area contributed by atoms with Crippen molar-refractivity contribution in [2.45, 2.75) is 6.10 Å². The lowest BCUT2D eigenvalue weighted by molar-refractivity contribution is -0.0254. The van der Waals surface area contributed by atoms with Gasteiger partial charge in [0.05, 0.1) is 36.8 Å². The molecule has 0 spiro atoms. The van der Waals surface area contributed by atoms with Gasteiger partial charge >= 0.3 is 0 Å². The van der Waals surface area contributed by atoms with Crippen molar-refractivity contribution >= 4 is 26.7 Å². The minimum absolute atomic E-state index is 0.0712. The van der Waals surface area contributed by atoms with E-state index >= 15 is 0 Å². The maximum absolute atomic E-state index is 12.8. The molecule has 38 heavy (non-hydrogen) atoms. The fraction of sp³-hybridized carbons (Fsp3) is 0.500. The van der Waals surface area contributed by atoms with Crippen LogP contribution in [0.1, 0.15) is 0 Å². The molecular weight excluding hydrogens is 508 g/mol. The van der Waals surface area contributed by atoms with Crippen LogP contribution in [0.15, 0.2) is 42.7 Å². The van der Waals surface area contributed by atoms with E-state index in [0.29, 0.717) is 36.6 Å². The number of ether oxygens (including phenoxy) is 3. The first-order valence-electron chi connectivity index (χ1n) is 12.8. The highest BCUT2D eigenvalue weighted by atomic mass is 32.2. The van der Waals surface area contributed by atoms with Crippen molar-refractivity contribution in [3.05, 3.63) is 42.7 Å². The Balaban J connectivity index is 1.31. The van der Waals surface area contributed by atoms with Crippen molar-refractivity contribution < 1.29 is 22.6 Å². The van der Waals surface area contributed by atoms with Gasteiger partial charge in [0.25, 0.3) is 0 Å². The van der Waals surface area contributed by atoms with E-state index in [1.165, 1.54) is 4.31 Å². The summed E-state index contributed by atoms with van der Waals surface area (Å²) < 4.78 is 44.4. The van der Waals surface area contributed by atoms with Crippen LogP contribution in [0.2, 0.25) is 0 Å². The lowest BCUT2D eigenvalue weighted by Crippen LogP contribution is -2.49. The zero-order valence-corrected chi connectivity index (χ0v) is 22.6. The van der Waals surface area contributed by atoms with Crippen LogP contribution in [0, 0.1) is 0 Å². The molecule has 0 unspecified atom stereocenters. The molecule has 12 heteroatoms. The SMILES string of the molecule is CN(C)CCS(=O)(=O)N1CCO[C@H](COc2nc(-c3ccc(N4CCOCC4)cc3)cc3nccnc23)C1. The second-order valence-corrected chi connectivity index (χ2v) is 11.8. The molecule has 3 aromatic rings. The lowest BCUT2D eigenvalue weighted by atomic mass is 10.1. The van der Waals surface area contributed by atoms with E-state index in [-0.39, 0.29) is 18.9 Å². The van der Waals surface area contributed by atoms with E-state index in [4.69, 9.17) is 19.2 Å². The molecule has 5 rings (SSSR count). The number of sulfonamides is 1. The zero-order chi connectivity index (χ0) is 26.5. The quantitative estimate of drug-likeness (QED) is 0.395. The summed E-state index contributed by atoms with van der Waals surface area (Å²) in [5.74, 6) is 0.418. The molecule has 2 aliphatic heterocycles. The van der Waals surface area contributed by atoms with Gasteiger partial charge in [-0.15, -0.1) is 0 Å². The molecule has 2 fully saturated rings. The fourth-order valence-electron chi connectivity index (χ4n) is 4.50. The largest absolute Gasteiger partial charge is 0.473 e. The summed E-state index contributed by atoms with van der Waals surface area (Å²) in [6, 6.07) is 10.2. The van der Waals surface area contributed by atoms with Crippen molar-refractivity contribution in [1.29, 1.82) is 0 Å². The van der Waals surface area contributed by atoms with Gasteiger partial charge in [0.15, 0.2) is 5.52 Å². The number of nitrogens with zero attached hydrogens (tertiary/aromatic N) is 6. The van der Waals surface area contributed by atoms with E-state index in [0.717, 1.165) is 43.2 Å². The van der Waals surface area contributed by atoms with Crippen LogP contribution in [0.25, 0.3) is 22.3 Å². The number of hydrogen-bond donors (Lipinski definition) is 0. The van der Waals surface area contributed by atoms with Crippen LogP contribution in [-0.4, -0.2) is 118 Å². The molecule has 0 radical (unpaired) electrons. The number of anilines is 1. The molecule has 0 aliphatic carbocycles. The van der Waals surface area contributed by atoms with Gasteiger partial charge < -0.3 is 24.0 Å². The Bertz CT molecular complexity index is 1330. The van der Waals surface area contributed by atoms with Crippen LogP contribution in [-0.2, 0) is 19.5 Å². The summed E-state index contributed by atoms with van der Waals surface area (Å²) in [4.78, 5) is 17.8. The third-order valence-corrected chi connectivity index (χ3v) is 8.48. The van der Waals surface area contributed by atoms with E-state index in [1.807, 2.05) is 37.2 Å². The Morgan fingerprint density at radius 1 is 1.05 bits per heavy atom. The molecule has 2 aliphatic rings. The summed E-state index contributed by atoms with van der Waals surface area (Å²) in [5, 5.41) is 0. The first-order chi connectivity index (χ1) is 18.4. The average molecular weight is 543 g/mol. The minimum Gasteiger partial charge on any atom is -0.473 e. The molecule has 4 heterocycles. The zero-order valence-electron chi connectivity index (χ0n) is 21.8. The predicted molar refractivity (Wildman–Crippen MR) is 145 cm³/mol. The molecule has 11 nitrogen and oxygen atoms in total. The fourth-order valence-corrected chi connectivity index (χ4v) is 6.10. The summed E-state index contributed by atoms with van der Waals surface area (Å²) in [5.41, 5.74) is 4.02. The molecule has 0 N–H and O–H groups in total. The molecule has 1 atom stereocenters. The van der Waals surface area contributed by atoms with Gasteiger partial charge in [0, 0.05) is 56.4 Å². The van der Waals surface area contributed by atoms with Gasteiger partial charge in [-0.25, -0.2) is 18.4 Å². The number of aromatic nitrogens is 3. The molecule has 2 saturated heterocycles. The molecule has 1 aromatic carbocycles. The predicted octanol–water partition coefficient (Wildman–Crippen LogP) is 1.50. The topological polar surface area (TPSA) is 110 Å². The van der Waals surface area contributed by atoms with E-state index in [1.54, 1.807) is 12.4 Å². The highest BCUT2D eigenvalue weighted by Gasteiger charge is 2.30. The monoisotopic (exact) mass is 542 g/mol. The van der Waals surface area contributed by atoms with Gasteiger partial charge in [0.1, 0.15) is 12.7 Å². The van der Waals surface area contributed by atoms with Crippen LogP contribution < -0.4 is 9.64 Å². The number of benzene rings is 1. The van der Waals surface area contributed by atoms with Crippen molar-refractivity contribution in [1.82, 2.24) is 24.2 Å². The van der Waals surface area contributed by atoms with Crippen LogP contribution in [0.5, 0.6) is 5.88 Å². The number of fused-ring (bicyclic) bond motifs is 1. The maximum atomic E-state index is 12.8. The van der Waals surface area contributed by atoms with Crippen molar-refractivity contribution in [3.8, 4) is 17.1 Å². The number of morpholine rings is 2. The summed E-state index contributed by atoms with van der Waals surface area (Å²) in [6.45, 7) is 4.73. The van der Waals surface area contributed by atoms with Crippen LogP contribution in [0.4, 0.5) is 5.69 Å². The normalized spacial score (nSPS) is 19.2. The molecule has 204 valence electrons. The van der Waals surface area contributed by atoms with Gasteiger partial charge in [-0.3, -0.25) is 4.98 Å². The molecular formula is C26H34N6O5S. The number of pyridine rings is 1.